The minimum atomic E-state index is -1.05. The lowest BCUT2D eigenvalue weighted by Crippen LogP contribution is -2.06. The van der Waals surface area contributed by atoms with Crippen LogP contribution in [0.4, 0.5) is 0 Å². The Morgan fingerprint density at radius 1 is 1.50 bits per heavy atom. The number of aromatic carboxylic acids is 1. The lowest BCUT2D eigenvalue weighted by Gasteiger charge is -1.98. The monoisotopic (exact) mass is 252 g/mol. The largest absolute Gasteiger partial charge is 0.477 e. The molecule has 1 rings (SSSR count). The van der Waals surface area contributed by atoms with Gasteiger partial charge in [-0.05, 0) is 13.8 Å². The van der Waals surface area contributed by atoms with Crippen molar-refractivity contribution in [3.8, 4) is 0 Å². The molecule has 1 aromatic heterocycles. The molecule has 18 heavy (non-hydrogen) atoms. The highest BCUT2D eigenvalue weighted by atomic mass is 16.5. The van der Waals surface area contributed by atoms with Gasteiger partial charge in [-0.25, -0.2) is 4.79 Å². The van der Waals surface area contributed by atoms with Crippen LogP contribution in [0.5, 0.6) is 0 Å². The molecular formula is C12H16N2O4. The fraction of sp³-hybridized carbons (Fsp3) is 0.417. The zero-order valence-corrected chi connectivity index (χ0v) is 10.6. The minimum absolute atomic E-state index is 0.104. The molecule has 1 aromatic rings. The standard InChI is InChI=1S/C12H16N2O4/c1-4-18-10(15)7-5-6-9-8(2)13-14(3)11(9)12(16)17/h5-6H,4,7H2,1-3H3,(H,16,17). The number of carboxylic acid groups (broad SMARTS) is 1. The van der Waals surface area contributed by atoms with E-state index in [1.807, 2.05) is 0 Å². The van der Waals surface area contributed by atoms with Crippen molar-refractivity contribution in [2.45, 2.75) is 20.3 Å². The smallest absolute Gasteiger partial charge is 0.354 e. The molecule has 0 amide bonds. The van der Waals surface area contributed by atoms with Gasteiger partial charge in [-0.15, -0.1) is 0 Å². The van der Waals surface area contributed by atoms with Gasteiger partial charge in [0.05, 0.1) is 18.7 Å². The zero-order chi connectivity index (χ0) is 13.7. The summed E-state index contributed by atoms with van der Waals surface area (Å²) < 4.78 is 6.07. The minimum Gasteiger partial charge on any atom is -0.477 e. The molecule has 6 heteroatoms. The number of rotatable bonds is 5. The van der Waals surface area contributed by atoms with Crippen LogP contribution in [0.2, 0.25) is 0 Å². The van der Waals surface area contributed by atoms with Crippen LogP contribution in [0.25, 0.3) is 6.08 Å². The summed E-state index contributed by atoms with van der Waals surface area (Å²) >= 11 is 0. The Kier molecular flexibility index (Phi) is 4.65. The summed E-state index contributed by atoms with van der Waals surface area (Å²) in [5.74, 6) is -1.39. The molecule has 1 N–H and O–H groups in total. The first-order valence-corrected chi connectivity index (χ1v) is 5.56. The third-order valence-corrected chi connectivity index (χ3v) is 2.35. The molecule has 0 aliphatic heterocycles. The summed E-state index contributed by atoms with van der Waals surface area (Å²) in [5.41, 5.74) is 1.22. The van der Waals surface area contributed by atoms with Gasteiger partial charge in [0.25, 0.3) is 0 Å². The van der Waals surface area contributed by atoms with E-state index in [1.54, 1.807) is 33.0 Å². The molecule has 0 bridgehead atoms. The van der Waals surface area contributed by atoms with Crippen LogP contribution in [0, 0.1) is 6.92 Å². The third kappa shape index (κ3) is 3.19. The van der Waals surface area contributed by atoms with Crippen molar-refractivity contribution in [3.05, 3.63) is 23.0 Å². The molecule has 0 saturated carbocycles. The van der Waals surface area contributed by atoms with Gasteiger partial charge in [-0.3, -0.25) is 9.48 Å². The van der Waals surface area contributed by atoms with E-state index in [2.05, 4.69) is 5.10 Å². The van der Waals surface area contributed by atoms with Gasteiger partial charge in [-0.2, -0.15) is 5.10 Å². The second-order valence-corrected chi connectivity index (χ2v) is 3.69. The molecule has 0 radical (unpaired) electrons. The first kappa shape index (κ1) is 14.0. The Balaban J connectivity index is 2.87. The molecule has 0 atom stereocenters. The molecule has 0 aromatic carbocycles. The van der Waals surface area contributed by atoms with Crippen molar-refractivity contribution in [2.24, 2.45) is 7.05 Å². The molecule has 98 valence electrons. The van der Waals surface area contributed by atoms with E-state index in [0.717, 1.165) is 0 Å². The molecule has 0 aliphatic carbocycles. The van der Waals surface area contributed by atoms with Crippen molar-refractivity contribution < 1.29 is 19.4 Å². The average Bonchev–Trinajstić information content (AvgIpc) is 2.54. The van der Waals surface area contributed by atoms with Crippen LogP contribution >= 0.6 is 0 Å². The first-order valence-electron chi connectivity index (χ1n) is 5.56. The highest BCUT2D eigenvalue weighted by molar-refractivity contribution is 5.91. The fourth-order valence-electron chi connectivity index (χ4n) is 1.62. The van der Waals surface area contributed by atoms with Crippen molar-refractivity contribution in [1.29, 1.82) is 0 Å². The quantitative estimate of drug-likeness (QED) is 0.801. The maximum absolute atomic E-state index is 11.1. The Morgan fingerprint density at radius 2 is 2.17 bits per heavy atom. The number of aromatic nitrogens is 2. The number of hydrogen-bond donors (Lipinski definition) is 1. The molecular weight excluding hydrogens is 236 g/mol. The lowest BCUT2D eigenvalue weighted by molar-refractivity contribution is -0.142. The second kappa shape index (κ2) is 6.00. The van der Waals surface area contributed by atoms with Crippen molar-refractivity contribution in [3.63, 3.8) is 0 Å². The summed E-state index contributed by atoms with van der Waals surface area (Å²) in [6.07, 6.45) is 3.28. The Bertz CT molecular complexity index is 489. The van der Waals surface area contributed by atoms with Gasteiger partial charge >= 0.3 is 11.9 Å². The number of carbonyl (C=O) groups is 2. The van der Waals surface area contributed by atoms with Crippen molar-refractivity contribution >= 4 is 18.0 Å². The summed E-state index contributed by atoms with van der Waals surface area (Å²) in [7, 11) is 1.57. The van der Waals surface area contributed by atoms with Crippen LogP contribution < -0.4 is 0 Å². The topological polar surface area (TPSA) is 81.4 Å². The number of nitrogens with zero attached hydrogens (tertiary/aromatic N) is 2. The third-order valence-electron chi connectivity index (χ3n) is 2.35. The molecule has 0 saturated heterocycles. The second-order valence-electron chi connectivity index (χ2n) is 3.69. The average molecular weight is 252 g/mol. The van der Waals surface area contributed by atoms with E-state index in [9.17, 15) is 9.59 Å². The Morgan fingerprint density at radius 3 is 2.72 bits per heavy atom. The summed E-state index contributed by atoms with van der Waals surface area (Å²) in [5, 5.41) is 13.1. The van der Waals surface area contributed by atoms with Crippen LogP contribution in [-0.4, -0.2) is 33.4 Å². The molecule has 0 unspecified atom stereocenters. The van der Waals surface area contributed by atoms with E-state index >= 15 is 0 Å². The number of carboxylic acids is 1. The van der Waals surface area contributed by atoms with E-state index in [-0.39, 0.29) is 18.1 Å². The van der Waals surface area contributed by atoms with Crippen LogP contribution in [0.15, 0.2) is 6.08 Å². The van der Waals surface area contributed by atoms with E-state index in [0.29, 0.717) is 17.9 Å². The summed E-state index contributed by atoms with van der Waals surface area (Å²) in [6, 6.07) is 0. The van der Waals surface area contributed by atoms with E-state index in [4.69, 9.17) is 9.84 Å². The van der Waals surface area contributed by atoms with Crippen molar-refractivity contribution in [1.82, 2.24) is 9.78 Å². The van der Waals surface area contributed by atoms with Crippen LogP contribution in [0.3, 0.4) is 0 Å². The summed E-state index contributed by atoms with van der Waals surface area (Å²) in [6.45, 7) is 3.78. The lowest BCUT2D eigenvalue weighted by atomic mass is 10.1. The van der Waals surface area contributed by atoms with Crippen LogP contribution in [-0.2, 0) is 16.6 Å². The number of hydrogen-bond acceptors (Lipinski definition) is 4. The van der Waals surface area contributed by atoms with Crippen LogP contribution in [0.1, 0.15) is 35.1 Å². The predicted molar refractivity (Wildman–Crippen MR) is 65.2 cm³/mol. The fourth-order valence-corrected chi connectivity index (χ4v) is 1.62. The number of aryl methyl sites for hydroxylation is 2. The van der Waals surface area contributed by atoms with Gasteiger partial charge in [0.1, 0.15) is 0 Å². The highest BCUT2D eigenvalue weighted by Gasteiger charge is 2.16. The molecule has 0 fully saturated rings. The van der Waals surface area contributed by atoms with Gasteiger partial charge < -0.3 is 9.84 Å². The summed E-state index contributed by atoms with van der Waals surface area (Å²) in [4.78, 5) is 22.2. The molecule has 1 heterocycles. The van der Waals surface area contributed by atoms with Crippen molar-refractivity contribution in [2.75, 3.05) is 6.61 Å². The van der Waals surface area contributed by atoms with Gasteiger partial charge in [-0.1, -0.05) is 12.2 Å². The first-order chi connectivity index (χ1) is 8.47. The van der Waals surface area contributed by atoms with E-state index in [1.165, 1.54) is 4.68 Å². The molecule has 0 spiro atoms. The van der Waals surface area contributed by atoms with E-state index < -0.39 is 5.97 Å². The Labute approximate surface area is 105 Å². The number of esters is 1. The predicted octanol–water partition coefficient (Wildman–Crippen LogP) is 1.39. The highest BCUT2D eigenvalue weighted by Crippen LogP contribution is 2.15. The maximum Gasteiger partial charge on any atom is 0.354 e. The van der Waals surface area contributed by atoms with Gasteiger partial charge in [0.2, 0.25) is 0 Å². The molecule has 6 nitrogen and oxygen atoms in total. The Hall–Kier alpha value is -2.11. The number of ether oxygens (including phenoxy) is 1. The van der Waals surface area contributed by atoms with Gasteiger partial charge in [0, 0.05) is 12.6 Å². The SMILES string of the molecule is CCOC(=O)CC=Cc1c(C)nn(C)c1C(=O)O. The maximum atomic E-state index is 11.1. The molecule has 0 aliphatic rings. The number of carbonyl (C=O) groups excluding carboxylic acids is 1. The normalized spacial score (nSPS) is 10.8. The van der Waals surface area contributed by atoms with Gasteiger partial charge in [0.15, 0.2) is 5.69 Å². The zero-order valence-electron chi connectivity index (χ0n) is 10.6.